The molecule has 0 saturated carbocycles. The summed E-state index contributed by atoms with van der Waals surface area (Å²) in [7, 11) is 1.83. The molecule has 1 N–H and O–H groups in total. The highest BCUT2D eigenvalue weighted by molar-refractivity contribution is 7.71. The molecule has 0 saturated heterocycles. The topological polar surface area (TPSA) is 77.3 Å². The van der Waals surface area contributed by atoms with Crippen LogP contribution in [0, 0.1) is 18.6 Å². The van der Waals surface area contributed by atoms with Gasteiger partial charge in [0.05, 0.1) is 11.4 Å². The van der Waals surface area contributed by atoms with Crippen molar-refractivity contribution >= 4 is 24.1 Å². The second-order valence-corrected chi connectivity index (χ2v) is 5.58. The number of aliphatic imine (C=N–C) groups is 1. The molecule has 0 spiro atoms. The maximum Gasteiger partial charge on any atom is 0.267 e. The van der Waals surface area contributed by atoms with E-state index < -0.39 is 0 Å². The predicted octanol–water partition coefficient (Wildman–Crippen LogP) is 2.23. The highest BCUT2D eigenvalue weighted by atomic mass is 32.1. The molecular formula is C15H21N5O2S. The van der Waals surface area contributed by atoms with Crippen LogP contribution in [0.25, 0.3) is 0 Å². The maximum atomic E-state index is 12.5. The number of rotatable bonds is 4. The smallest absolute Gasteiger partial charge is 0.267 e. The Bertz CT molecular complexity index is 889. The lowest BCUT2D eigenvalue weighted by Crippen LogP contribution is -2.27. The van der Waals surface area contributed by atoms with E-state index in [0.29, 0.717) is 23.5 Å². The van der Waals surface area contributed by atoms with Gasteiger partial charge >= 0.3 is 0 Å². The van der Waals surface area contributed by atoms with E-state index in [0.717, 1.165) is 11.4 Å². The van der Waals surface area contributed by atoms with Gasteiger partial charge in [-0.1, -0.05) is 0 Å². The Kier molecular flexibility index (Phi) is 4.84. The molecule has 0 atom stereocenters. The fourth-order valence-corrected chi connectivity index (χ4v) is 2.89. The van der Waals surface area contributed by atoms with Gasteiger partial charge < -0.3 is 5.11 Å². The van der Waals surface area contributed by atoms with Gasteiger partial charge in [-0.3, -0.25) is 23.6 Å². The monoisotopic (exact) mass is 335 g/mol. The number of aryl methyl sites for hydroxylation is 2. The molecule has 0 aliphatic carbocycles. The molecule has 0 aromatic carbocycles. The Morgan fingerprint density at radius 2 is 1.87 bits per heavy atom. The van der Waals surface area contributed by atoms with Crippen LogP contribution in [0.5, 0.6) is 5.88 Å². The molecule has 0 radical (unpaired) electrons. The molecule has 0 bridgehead atoms. The number of hydrogen-bond acceptors (Lipinski definition) is 5. The molecule has 0 aliphatic heterocycles. The highest BCUT2D eigenvalue weighted by Crippen LogP contribution is 2.22. The molecule has 8 heteroatoms. The van der Waals surface area contributed by atoms with Crippen molar-refractivity contribution in [2.45, 2.75) is 40.8 Å². The lowest BCUT2D eigenvalue weighted by molar-refractivity contribution is 0.399. The van der Waals surface area contributed by atoms with E-state index in [2.05, 4.69) is 10.1 Å². The van der Waals surface area contributed by atoms with Gasteiger partial charge in [-0.2, -0.15) is 5.10 Å². The van der Waals surface area contributed by atoms with Crippen molar-refractivity contribution in [2.75, 3.05) is 0 Å². The SMILES string of the molecule is CCn1c(O)c(C=Nc2c(C)nn(C)c2C)c(=O)n(CC)c1=S. The van der Waals surface area contributed by atoms with Gasteiger partial charge in [0.2, 0.25) is 5.88 Å². The summed E-state index contributed by atoms with van der Waals surface area (Å²) in [5.41, 5.74) is 2.13. The van der Waals surface area contributed by atoms with Crippen LogP contribution in [0.15, 0.2) is 9.79 Å². The largest absolute Gasteiger partial charge is 0.494 e. The Hall–Kier alpha value is -2.22. The molecule has 2 aromatic rings. The number of hydrogen-bond donors (Lipinski definition) is 1. The van der Waals surface area contributed by atoms with Crippen LogP contribution >= 0.6 is 12.2 Å². The van der Waals surface area contributed by atoms with Crippen molar-refractivity contribution in [1.82, 2.24) is 18.9 Å². The average Bonchev–Trinajstić information content (AvgIpc) is 2.74. The van der Waals surface area contributed by atoms with Crippen molar-refractivity contribution in [3.8, 4) is 5.88 Å². The van der Waals surface area contributed by atoms with Crippen LogP contribution in [0.2, 0.25) is 0 Å². The first-order valence-corrected chi connectivity index (χ1v) is 7.85. The van der Waals surface area contributed by atoms with Gasteiger partial charge in [-0.05, 0) is 39.9 Å². The van der Waals surface area contributed by atoms with Gasteiger partial charge in [0.15, 0.2) is 4.77 Å². The number of nitrogens with zero attached hydrogens (tertiary/aromatic N) is 5. The van der Waals surface area contributed by atoms with Gasteiger partial charge in [-0.15, -0.1) is 0 Å². The summed E-state index contributed by atoms with van der Waals surface area (Å²) in [6.45, 7) is 8.35. The summed E-state index contributed by atoms with van der Waals surface area (Å²) >= 11 is 5.26. The summed E-state index contributed by atoms with van der Waals surface area (Å²) in [5, 5.41) is 14.6. The van der Waals surface area contributed by atoms with Crippen LogP contribution < -0.4 is 5.56 Å². The Balaban J connectivity index is 2.67. The fraction of sp³-hybridized carbons (Fsp3) is 0.467. The second kappa shape index (κ2) is 6.49. The van der Waals surface area contributed by atoms with Gasteiger partial charge in [0, 0.05) is 26.4 Å². The first-order valence-electron chi connectivity index (χ1n) is 7.44. The van der Waals surface area contributed by atoms with E-state index in [4.69, 9.17) is 12.2 Å². The minimum absolute atomic E-state index is 0.130. The molecule has 0 unspecified atom stereocenters. The molecule has 7 nitrogen and oxygen atoms in total. The molecule has 0 aliphatic rings. The summed E-state index contributed by atoms with van der Waals surface area (Å²) < 4.78 is 5.00. The standard InChI is InChI=1S/C15H21N5O2S/c1-6-19-13(21)11(14(22)20(7-2)15(19)23)8-16-12-9(3)17-18(5)10(12)4/h8,21H,6-7H2,1-5H3. The first-order chi connectivity index (χ1) is 10.8. The molecule has 124 valence electrons. The molecule has 2 aromatic heterocycles. The summed E-state index contributed by atoms with van der Waals surface area (Å²) in [4.78, 5) is 16.9. The van der Waals surface area contributed by atoms with Crippen LogP contribution in [-0.2, 0) is 20.1 Å². The Labute approximate surface area is 139 Å². The third-order valence-electron chi connectivity index (χ3n) is 3.86. The van der Waals surface area contributed by atoms with E-state index in [-0.39, 0.29) is 17.0 Å². The number of aromatic nitrogens is 4. The maximum absolute atomic E-state index is 12.5. The highest BCUT2D eigenvalue weighted by Gasteiger charge is 2.15. The second-order valence-electron chi connectivity index (χ2n) is 5.21. The zero-order chi connectivity index (χ0) is 17.3. The molecule has 0 amide bonds. The first kappa shape index (κ1) is 17.1. The fourth-order valence-electron chi connectivity index (χ4n) is 2.46. The molecule has 0 fully saturated rings. The minimum Gasteiger partial charge on any atom is -0.494 e. The van der Waals surface area contributed by atoms with E-state index >= 15 is 0 Å². The van der Waals surface area contributed by atoms with Crippen LogP contribution in [-0.4, -0.2) is 30.2 Å². The van der Waals surface area contributed by atoms with E-state index in [1.165, 1.54) is 15.3 Å². The third kappa shape index (κ3) is 2.86. The van der Waals surface area contributed by atoms with Crippen molar-refractivity contribution in [3.05, 3.63) is 32.1 Å². The zero-order valence-corrected chi connectivity index (χ0v) is 14.8. The lowest BCUT2D eigenvalue weighted by atomic mass is 10.3. The van der Waals surface area contributed by atoms with Crippen LogP contribution in [0.4, 0.5) is 5.69 Å². The van der Waals surface area contributed by atoms with E-state index in [1.54, 1.807) is 4.68 Å². The lowest BCUT2D eigenvalue weighted by Gasteiger charge is -2.13. The van der Waals surface area contributed by atoms with E-state index in [9.17, 15) is 9.90 Å². The van der Waals surface area contributed by atoms with Gasteiger partial charge in [0.25, 0.3) is 5.56 Å². The summed E-state index contributed by atoms with van der Waals surface area (Å²) in [6.07, 6.45) is 1.39. The molecular weight excluding hydrogens is 314 g/mol. The minimum atomic E-state index is -0.345. The quantitative estimate of drug-likeness (QED) is 0.686. The Morgan fingerprint density at radius 1 is 1.26 bits per heavy atom. The van der Waals surface area contributed by atoms with Gasteiger partial charge in [-0.25, -0.2) is 0 Å². The molecule has 23 heavy (non-hydrogen) atoms. The summed E-state index contributed by atoms with van der Waals surface area (Å²) in [6, 6.07) is 0. The van der Waals surface area contributed by atoms with Crippen LogP contribution in [0.1, 0.15) is 30.8 Å². The van der Waals surface area contributed by atoms with Crippen molar-refractivity contribution in [3.63, 3.8) is 0 Å². The Morgan fingerprint density at radius 3 is 2.35 bits per heavy atom. The van der Waals surface area contributed by atoms with Crippen molar-refractivity contribution < 1.29 is 5.11 Å². The number of aromatic hydroxyl groups is 1. The zero-order valence-electron chi connectivity index (χ0n) is 14.0. The van der Waals surface area contributed by atoms with Crippen LogP contribution in [0.3, 0.4) is 0 Å². The van der Waals surface area contributed by atoms with E-state index in [1.807, 2.05) is 34.7 Å². The summed E-state index contributed by atoms with van der Waals surface area (Å²) in [5.74, 6) is -0.157. The van der Waals surface area contributed by atoms with Gasteiger partial charge in [0.1, 0.15) is 11.3 Å². The predicted molar refractivity (Wildman–Crippen MR) is 92.5 cm³/mol. The molecule has 2 rings (SSSR count). The normalized spacial score (nSPS) is 11.5. The van der Waals surface area contributed by atoms with Crippen molar-refractivity contribution in [2.24, 2.45) is 12.0 Å². The molecule has 2 heterocycles. The average molecular weight is 335 g/mol. The third-order valence-corrected chi connectivity index (χ3v) is 4.30. The van der Waals surface area contributed by atoms with Crippen molar-refractivity contribution in [1.29, 1.82) is 0 Å².